The number of hydrogen-bond acceptors (Lipinski definition) is 4. The van der Waals surface area contributed by atoms with Gasteiger partial charge in [0.25, 0.3) is 5.91 Å². The van der Waals surface area contributed by atoms with Crippen LogP contribution in [0.3, 0.4) is 0 Å². The highest BCUT2D eigenvalue weighted by Crippen LogP contribution is 2.22. The number of carbonyl (C=O) groups is 1. The Kier molecular flexibility index (Phi) is 5.58. The van der Waals surface area contributed by atoms with Crippen molar-refractivity contribution in [3.8, 4) is 17.0 Å². The molecule has 3 aromatic rings. The van der Waals surface area contributed by atoms with E-state index in [0.717, 1.165) is 16.7 Å². The summed E-state index contributed by atoms with van der Waals surface area (Å²) in [4.78, 5) is 12.0. The second kappa shape index (κ2) is 8.06. The summed E-state index contributed by atoms with van der Waals surface area (Å²) in [7, 11) is 0. The van der Waals surface area contributed by atoms with Crippen LogP contribution < -0.4 is 10.1 Å². The van der Waals surface area contributed by atoms with Crippen LogP contribution >= 0.6 is 11.6 Å². The van der Waals surface area contributed by atoms with Gasteiger partial charge in [-0.2, -0.15) is 0 Å². The van der Waals surface area contributed by atoms with E-state index in [0.29, 0.717) is 22.2 Å². The Balaban J connectivity index is 1.52. The number of halogens is 1. The number of rotatable bonds is 6. The predicted octanol–water partition coefficient (Wildman–Crippen LogP) is 4.31. The highest BCUT2D eigenvalue weighted by molar-refractivity contribution is 6.30. The van der Waals surface area contributed by atoms with Crippen molar-refractivity contribution >= 4 is 17.5 Å². The lowest BCUT2D eigenvalue weighted by atomic mass is 10.1. The van der Waals surface area contributed by atoms with E-state index in [-0.39, 0.29) is 19.1 Å². The van der Waals surface area contributed by atoms with Crippen LogP contribution in [0.1, 0.15) is 16.9 Å². The monoisotopic (exact) mass is 370 g/mol. The highest BCUT2D eigenvalue weighted by atomic mass is 35.5. The highest BCUT2D eigenvalue weighted by Gasteiger charge is 2.10. The fourth-order valence-corrected chi connectivity index (χ4v) is 2.54. The SMILES string of the molecule is Cc1cccc(OCC(=O)NCc2cc(-c3ccc(Cl)cc3)no2)c1C. The molecule has 5 nitrogen and oxygen atoms in total. The minimum absolute atomic E-state index is 0.0531. The summed E-state index contributed by atoms with van der Waals surface area (Å²) >= 11 is 5.88. The maximum Gasteiger partial charge on any atom is 0.258 e. The minimum atomic E-state index is -0.227. The van der Waals surface area contributed by atoms with E-state index in [1.165, 1.54) is 0 Å². The number of amides is 1. The third-order valence-electron chi connectivity index (χ3n) is 4.07. The van der Waals surface area contributed by atoms with Gasteiger partial charge in [-0.15, -0.1) is 0 Å². The van der Waals surface area contributed by atoms with Crippen molar-refractivity contribution in [3.63, 3.8) is 0 Å². The molecule has 1 amide bonds. The van der Waals surface area contributed by atoms with E-state index in [1.807, 2.05) is 44.2 Å². The Bertz CT molecular complexity index is 904. The molecule has 26 heavy (non-hydrogen) atoms. The van der Waals surface area contributed by atoms with E-state index < -0.39 is 0 Å². The van der Waals surface area contributed by atoms with Gasteiger partial charge in [0.15, 0.2) is 12.4 Å². The molecule has 0 aliphatic heterocycles. The Hall–Kier alpha value is -2.79. The maximum absolute atomic E-state index is 12.0. The van der Waals surface area contributed by atoms with E-state index in [2.05, 4.69) is 10.5 Å². The van der Waals surface area contributed by atoms with Crippen molar-refractivity contribution in [3.05, 3.63) is 70.4 Å². The predicted molar refractivity (Wildman–Crippen MR) is 100 cm³/mol. The van der Waals surface area contributed by atoms with Gasteiger partial charge in [-0.3, -0.25) is 4.79 Å². The first-order valence-corrected chi connectivity index (χ1v) is 8.58. The van der Waals surface area contributed by atoms with E-state index in [1.54, 1.807) is 18.2 Å². The summed E-state index contributed by atoms with van der Waals surface area (Å²) in [6.45, 7) is 4.16. The van der Waals surface area contributed by atoms with Crippen LogP contribution in [0, 0.1) is 13.8 Å². The number of nitrogens with one attached hydrogen (secondary N) is 1. The van der Waals surface area contributed by atoms with Crippen molar-refractivity contribution in [2.75, 3.05) is 6.61 Å². The molecule has 0 saturated heterocycles. The van der Waals surface area contributed by atoms with Gasteiger partial charge >= 0.3 is 0 Å². The molecule has 0 saturated carbocycles. The summed E-state index contributed by atoms with van der Waals surface area (Å²) in [6, 6.07) is 14.8. The summed E-state index contributed by atoms with van der Waals surface area (Å²) < 4.78 is 10.8. The molecule has 0 bridgehead atoms. The number of benzene rings is 2. The summed E-state index contributed by atoms with van der Waals surface area (Å²) in [6.07, 6.45) is 0. The van der Waals surface area contributed by atoms with Gasteiger partial charge < -0.3 is 14.6 Å². The first-order valence-electron chi connectivity index (χ1n) is 8.20. The van der Waals surface area contributed by atoms with Gasteiger partial charge in [-0.25, -0.2) is 0 Å². The average Bonchev–Trinajstić information content (AvgIpc) is 3.11. The maximum atomic E-state index is 12.0. The van der Waals surface area contributed by atoms with Crippen molar-refractivity contribution in [1.29, 1.82) is 0 Å². The van der Waals surface area contributed by atoms with Crippen LogP contribution in [-0.4, -0.2) is 17.7 Å². The molecule has 0 fully saturated rings. The molecule has 0 atom stereocenters. The van der Waals surface area contributed by atoms with Gasteiger partial charge in [-0.1, -0.05) is 41.0 Å². The van der Waals surface area contributed by atoms with Crippen LogP contribution in [0.2, 0.25) is 5.02 Å². The molecule has 1 N–H and O–H groups in total. The second-order valence-corrected chi connectivity index (χ2v) is 6.39. The summed E-state index contributed by atoms with van der Waals surface area (Å²) in [5.74, 6) is 1.05. The topological polar surface area (TPSA) is 64.4 Å². The normalized spacial score (nSPS) is 10.6. The smallest absolute Gasteiger partial charge is 0.258 e. The Morgan fingerprint density at radius 2 is 1.96 bits per heavy atom. The van der Waals surface area contributed by atoms with Crippen molar-refractivity contribution in [2.24, 2.45) is 0 Å². The van der Waals surface area contributed by atoms with Crippen LogP contribution in [0.25, 0.3) is 11.3 Å². The van der Waals surface area contributed by atoms with Crippen LogP contribution in [0.15, 0.2) is 53.1 Å². The first kappa shape index (κ1) is 18.0. The minimum Gasteiger partial charge on any atom is -0.483 e. The summed E-state index contributed by atoms with van der Waals surface area (Å²) in [5.41, 5.74) is 3.74. The number of carbonyl (C=O) groups excluding carboxylic acids is 1. The largest absolute Gasteiger partial charge is 0.483 e. The van der Waals surface area contributed by atoms with Crippen LogP contribution in [-0.2, 0) is 11.3 Å². The molecule has 0 aliphatic rings. The van der Waals surface area contributed by atoms with Crippen LogP contribution in [0.4, 0.5) is 0 Å². The van der Waals surface area contributed by atoms with Gasteiger partial charge in [0.1, 0.15) is 11.4 Å². The standard InChI is InChI=1S/C20H19ClN2O3/c1-13-4-3-5-19(14(13)2)25-12-20(24)22-11-17-10-18(23-26-17)15-6-8-16(21)9-7-15/h3-10H,11-12H2,1-2H3,(H,22,24). The third kappa shape index (κ3) is 4.43. The fourth-order valence-electron chi connectivity index (χ4n) is 2.41. The average molecular weight is 371 g/mol. The summed E-state index contributed by atoms with van der Waals surface area (Å²) in [5, 5.41) is 7.43. The zero-order chi connectivity index (χ0) is 18.5. The molecule has 1 aromatic heterocycles. The van der Waals surface area contributed by atoms with Crippen LogP contribution in [0.5, 0.6) is 5.75 Å². The van der Waals surface area contributed by atoms with Crippen molar-refractivity contribution < 1.29 is 14.1 Å². The molecule has 2 aromatic carbocycles. The Morgan fingerprint density at radius 1 is 1.19 bits per heavy atom. The van der Waals surface area contributed by atoms with E-state index in [9.17, 15) is 4.79 Å². The molecular weight excluding hydrogens is 352 g/mol. The fraction of sp³-hybridized carbons (Fsp3) is 0.200. The molecule has 0 aliphatic carbocycles. The molecule has 0 radical (unpaired) electrons. The van der Waals surface area contributed by atoms with Gasteiger partial charge in [0.05, 0.1) is 6.54 Å². The van der Waals surface area contributed by atoms with Gasteiger partial charge in [0, 0.05) is 16.7 Å². The lowest BCUT2D eigenvalue weighted by Gasteiger charge is -2.10. The molecule has 6 heteroatoms. The van der Waals surface area contributed by atoms with Gasteiger partial charge in [0.2, 0.25) is 0 Å². The number of aryl methyl sites for hydroxylation is 1. The molecular formula is C20H19ClN2O3. The molecule has 3 rings (SSSR count). The molecule has 134 valence electrons. The third-order valence-corrected chi connectivity index (χ3v) is 4.32. The number of nitrogens with zero attached hydrogens (tertiary/aromatic N) is 1. The second-order valence-electron chi connectivity index (χ2n) is 5.95. The van der Waals surface area contributed by atoms with Crippen molar-refractivity contribution in [2.45, 2.75) is 20.4 Å². The van der Waals surface area contributed by atoms with Gasteiger partial charge in [-0.05, 0) is 43.2 Å². The Morgan fingerprint density at radius 3 is 2.73 bits per heavy atom. The molecule has 1 heterocycles. The van der Waals surface area contributed by atoms with E-state index >= 15 is 0 Å². The quantitative estimate of drug-likeness (QED) is 0.702. The van der Waals surface area contributed by atoms with E-state index in [4.69, 9.17) is 20.9 Å². The number of ether oxygens (including phenoxy) is 1. The van der Waals surface area contributed by atoms with Crippen molar-refractivity contribution in [1.82, 2.24) is 10.5 Å². The molecule has 0 spiro atoms. The Labute approximate surface area is 156 Å². The lowest BCUT2D eigenvalue weighted by molar-refractivity contribution is -0.123. The zero-order valence-electron chi connectivity index (χ0n) is 14.6. The zero-order valence-corrected chi connectivity index (χ0v) is 15.3. The first-order chi connectivity index (χ1) is 12.5. The lowest BCUT2D eigenvalue weighted by Crippen LogP contribution is -2.28. The molecule has 0 unspecified atom stereocenters. The number of aromatic nitrogens is 1. The number of hydrogen-bond donors (Lipinski definition) is 1.